The highest BCUT2D eigenvalue weighted by molar-refractivity contribution is 5.85. The normalized spacial score (nSPS) is 17.9. The lowest BCUT2D eigenvalue weighted by atomic mass is 9.94. The van der Waals surface area contributed by atoms with Crippen LogP contribution < -0.4 is 5.32 Å². The molecule has 10 heteroatoms. The first kappa shape index (κ1) is 22.0. The summed E-state index contributed by atoms with van der Waals surface area (Å²) in [5, 5.41) is 3.00. The molecule has 0 radical (unpaired) electrons. The molecule has 0 aromatic heterocycles. The number of nitrogens with one attached hydrogen (secondary N) is 1. The summed E-state index contributed by atoms with van der Waals surface area (Å²) >= 11 is 0. The fraction of sp³-hybridized carbons (Fsp3) is 0.600. The zero-order valence-corrected chi connectivity index (χ0v) is 13.9. The van der Waals surface area contributed by atoms with E-state index in [4.69, 9.17) is 0 Å². The molecule has 1 heterocycles. The lowest BCUT2D eigenvalue weighted by Gasteiger charge is -2.36. The van der Waals surface area contributed by atoms with Crippen LogP contribution in [0.3, 0.4) is 0 Å². The highest BCUT2D eigenvalue weighted by Gasteiger charge is 2.38. The van der Waals surface area contributed by atoms with Gasteiger partial charge in [0.05, 0.1) is 5.56 Å². The SMILES string of the molecule is Cl.Fc1ccc([C@H](CCC(F)(F)F)N2CCNCC2)c(C(F)(F)F)c1. The van der Waals surface area contributed by atoms with Crippen molar-refractivity contribution in [1.82, 2.24) is 10.2 Å². The Labute approximate surface area is 146 Å². The van der Waals surface area contributed by atoms with Crippen LogP contribution in [-0.4, -0.2) is 37.3 Å². The Morgan fingerprint density at radius 1 is 1.04 bits per heavy atom. The number of nitrogens with zero attached hydrogens (tertiary/aromatic N) is 1. The van der Waals surface area contributed by atoms with Gasteiger partial charge in [0.15, 0.2) is 0 Å². The quantitative estimate of drug-likeness (QED) is 0.753. The molecule has 144 valence electrons. The molecular weight excluding hydrogens is 377 g/mol. The van der Waals surface area contributed by atoms with Gasteiger partial charge in [0, 0.05) is 38.6 Å². The van der Waals surface area contributed by atoms with E-state index < -0.39 is 42.6 Å². The van der Waals surface area contributed by atoms with Gasteiger partial charge in [-0.2, -0.15) is 26.3 Å². The number of benzene rings is 1. The third-order valence-corrected chi connectivity index (χ3v) is 3.97. The second-order valence-electron chi connectivity index (χ2n) is 5.68. The fourth-order valence-electron chi connectivity index (χ4n) is 2.89. The Balaban J connectivity index is 0.00000312. The lowest BCUT2D eigenvalue weighted by Crippen LogP contribution is -2.45. The average molecular weight is 395 g/mol. The summed E-state index contributed by atoms with van der Waals surface area (Å²) in [6.45, 7) is 1.62. The molecule has 0 bridgehead atoms. The summed E-state index contributed by atoms with van der Waals surface area (Å²) in [7, 11) is 0. The predicted molar refractivity (Wildman–Crippen MR) is 81.1 cm³/mol. The van der Waals surface area contributed by atoms with Crippen LogP contribution in [0.2, 0.25) is 0 Å². The van der Waals surface area contributed by atoms with Crippen molar-refractivity contribution in [3.8, 4) is 0 Å². The van der Waals surface area contributed by atoms with E-state index in [0.29, 0.717) is 32.2 Å². The van der Waals surface area contributed by atoms with Crippen molar-refractivity contribution in [2.75, 3.05) is 26.2 Å². The highest BCUT2D eigenvalue weighted by Crippen LogP contribution is 2.39. The topological polar surface area (TPSA) is 15.3 Å². The van der Waals surface area contributed by atoms with Crippen LogP contribution in [0.5, 0.6) is 0 Å². The third kappa shape index (κ3) is 6.31. The number of hydrogen-bond donors (Lipinski definition) is 1. The molecule has 1 N–H and O–H groups in total. The molecule has 25 heavy (non-hydrogen) atoms. The van der Waals surface area contributed by atoms with Gasteiger partial charge in [0.1, 0.15) is 5.82 Å². The van der Waals surface area contributed by atoms with E-state index in [0.717, 1.165) is 12.1 Å². The fourth-order valence-corrected chi connectivity index (χ4v) is 2.89. The number of halogens is 8. The molecule has 0 spiro atoms. The van der Waals surface area contributed by atoms with Gasteiger partial charge in [0.2, 0.25) is 0 Å². The van der Waals surface area contributed by atoms with Crippen LogP contribution in [-0.2, 0) is 6.18 Å². The van der Waals surface area contributed by atoms with Crippen LogP contribution in [0.1, 0.15) is 30.0 Å². The van der Waals surface area contributed by atoms with E-state index in [-0.39, 0.29) is 18.0 Å². The number of alkyl halides is 6. The van der Waals surface area contributed by atoms with Crippen molar-refractivity contribution >= 4 is 12.4 Å². The van der Waals surface area contributed by atoms with E-state index in [1.165, 1.54) is 0 Å². The molecule has 0 aliphatic carbocycles. The largest absolute Gasteiger partial charge is 0.416 e. The van der Waals surface area contributed by atoms with Crippen LogP contribution in [0.4, 0.5) is 30.7 Å². The minimum atomic E-state index is -4.83. The second-order valence-corrected chi connectivity index (χ2v) is 5.68. The zero-order chi connectivity index (χ0) is 18.0. The third-order valence-electron chi connectivity index (χ3n) is 3.97. The van der Waals surface area contributed by atoms with Crippen molar-refractivity contribution in [3.05, 3.63) is 35.1 Å². The van der Waals surface area contributed by atoms with E-state index in [2.05, 4.69) is 5.32 Å². The van der Waals surface area contributed by atoms with E-state index >= 15 is 0 Å². The van der Waals surface area contributed by atoms with E-state index in [9.17, 15) is 30.7 Å². The molecule has 1 saturated heterocycles. The predicted octanol–water partition coefficient (Wildman–Crippen LogP) is 4.56. The van der Waals surface area contributed by atoms with Crippen molar-refractivity contribution in [2.45, 2.75) is 31.2 Å². The number of hydrogen-bond acceptors (Lipinski definition) is 2. The first-order valence-electron chi connectivity index (χ1n) is 7.46. The van der Waals surface area contributed by atoms with Gasteiger partial charge in [-0.1, -0.05) is 6.07 Å². The number of piperazine rings is 1. The maximum atomic E-state index is 13.3. The minimum Gasteiger partial charge on any atom is -0.314 e. The van der Waals surface area contributed by atoms with Crippen LogP contribution in [0.15, 0.2) is 18.2 Å². The van der Waals surface area contributed by atoms with Crippen molar-refractivity contribution in [3.63, 3.8) is 0 Å². The van der Waals surface area contributed by atoms with Gasteiger partial charge in [-0.15, -0.1) is 12.4 Å². The summed E-state index contributed by atoms with van der Waals surface area (Å²) in [4.78, 5) is 1.59. The van der Waals surface area contributed by atoms with Gasteiger partial charge < -0.3 is 5.32 Å². The maximum Gasteiger partial charge on any atom is 0.416 e. The molecule has 2 rings (SSSR count). The van der Waals surface area contributed by atoms with Crippen molar-refractivity contribution in [2.24, 2.45) is 0 Å². The summed E-state index contributed by atoms with van der Waals surface area (Å²) < 4.78 is 90.6. The molecule has 2 nitrogen and oxygen atoms in total. The molecule has 1 atom stereocenters. The van der Waals surface area contributed by atoms with Gasteiger partial charge in [-0.05, 0) is 24.1 Å². The Morgan fingerprint density at radius 2 is 1.64 bits per heavy atom. The Morgan fingerprint density at radius 3 is 2.16 bits per heavy atom. The first-order valence-corrected chi connectivity index (χ1v) is 7.46. The first-order chi connectivity index (χ1) is 11.1. The minimum absolute atomic E-state index is 0. The van der Waals surface area contributed by atoms with Gasteiger partial charge >= 0.3 is 12.4 Å². The molecule has 0 unspecified atom stereocenters. The molecule has 1 aliphatic heterocycles. The van der Waals surface area contributed by atoms with Crippen LogP contribution in [0, 0.1) is 5.82 Å². The second kappa shape index (κ2) is 8.55. The Bertz CT molecular complexity index is 554. The molecule has 1 aliphatic rings. The highest BCUT2D eigenvalue weighted by atomic mass is 35.5. The summed E-state index contributed by atoms with van der Waals surface area (Å²) in [6, 6.07) is 1.08. The van der Waals surface area contributed by atoms with E-state index in [1.54, 1.807) is 4.90 Å². The molecular formula is C15H18ClF7N2. The van der Waals surface area contributed by atoms with Crippen LogP contribution in [0.25, 0.3) is 0 Å². The average Bonchev–Trinajstić information content (AvgIpc) is 2.47. The van der Waals surface area contributed by atoms with Crippen molar-refractivity contribution < 1.29 is 30.7 Å². The summed E-state index contributed by atoms with van der Waals surface area (Å²) in [6.07, 6.45) is -11.0. The van der Waals surface area contributed by atoms with Crippen molar-refractivity contribution in [1.29, 1.82) is 0 Å². The Kier molecular flexibility index (Phi) is 7.52. The van der Waals surface area contributed by atoms with Gasteiger partial charge in [-0.25, -0.2) is 4.39 Å². The zero-order valence-electron chi connectivity index (χ0n) is 13.1. The van der Waals surface area contributed by atoms with Crippen LogP contribution >= 0.6 is 12.4 Å². The standard InChI is InChI=1S/C15H17F7N2.ClH/c16-10-1-2-11(12(9-10)15(20,21)22)13(3-4-14(17,18)19)24-7-5-23-6-8-24;/h1-2,9,13,23H,3-8H2;1H/t13-;/m0./s1. The smallest absolute Gasteiger partial charge is 0.314 e. The van der Waals surface area contributed by atoms with Gasteiger partial charge in [-0.3, -0.25) is 4.90 Å². The Hall–Kier alpha value is -1.06. The maximum absolute atomic E-state index is 13.3. The molecule has 0 saturated carbocycles. The molecule has 1 aromatic rings. The summed E-state index contributed by atoms with van der Waals surface area (Å²) in [5.41, 5.74) is -1.52. The monoisotopic (exact) mass is 394 g/mol. The lowest BCUT2D eigenvalue weighted by molar-refractivity contribution is -0.141. The summed E-state index contributed by atoms with van der Waals surface area (Å²) in [5.74, 6) is -1.07. The molecule has 1 fully saturated rings. The molecule has 0 amide bonds. The number of rotatable bonds is 4. The molecule has 1 aromatic carbocycles. The van der Waals surface area contributed by atoms with E-state index in [1.807, 2.05) is 0 Å². The van der Waals surface area contributed by atoms with Gasteiger partial charge in [0.25, 0.3) is 0 Å².